The molecule has 4 aromatic rings. The summed E-state index contributed by atoms with van der Waals surface area (Å²) in [6, 6.07) is 11.2. The molecule has 1 atom stereocenters. The molecule has 0 saturated carbocycles. The molecule has 0 unspecified atom stereocenters. The molecule has 0 fully saturated rings. The number of aromatic nitrogens is 4. The summed E-state index contributed by atoms with van der Waals surface area (Å²) in [5.41, 5.74) is 3.44. The van der Waals surface area contributed by atoms with Gasteiger partial charge in [0.05, 0.1) is 21.1 Å². The molecule has 2 heterocycles. The Morgan fingerprint density at radius 3 is 2.71 bits per heavy atom. The van der Waals surface area contributed by atoms with E-state index in [1.165, 1.54) is 23.7 Å². The van der Waals surface area contributed by atoms with E-state index in [1.54, 1.807) is 18.2 Å². The summed E-state index contributed by atoms with van der Waals surface area (Å²) in [6.45, 7) is 1.10. The van der Waals surface area contributed by atoms with Crippen LogP contribution in [0.5, 0.6) is 0 Å². The molecule has 0 aliphatic heterocycles. The molecule has 0 saturated heterocycles. The highest BCUT2D eigenvalue weighted by Gasteiger charge is 2.20. The maximum absolute atomic E-state index is 12.9. The quantitative estimate of drug-likeness (QED) is 0.372. The average molecular weight is 510 g/mol. The van der Waals surface area contributed by atoms with Crippen molar-refractivity contribution < 1.29 is 0 Å². The number of halogens is 2. The minimum atomic E-state index is -0.566. The van der Waals surface area contributed by atoms with Gasteiger partial charge in [0.15, 0.2) is 5.65 Å². The van der Waals surface area contributed by atoms with Crippen LogP contribution in [0.2, 0.25) is 10.0 Å². The lowest BCUT2D eigenvalue weighted by Gasteiger charge is -2.27. The van der Waals surface area contributed by atoms with Gasteiger partial charge in [0.25, 0.3) is 0 Å². The van der Waals surface area contributed by atoms with Crippen LogP contribution in [-0.4, -0.2) is 45.1 Å². The van der Waals surface area contributed by atoms with E-state index in [1.807, 2.05) is 6.07 Å². The van der Waals surface area contributed by atoms with E-state index in [0.29, 0.717) is 17.3 Å². The van der Waals surface area contributed by atoms with Gasteiger partial charge in [-0.25, -0.2) is 14.3 Å². The summed E-state index contributed by atoms with van der Waals surface area (Å²) in [6.07, 6.45) is 4.81. The van der Waals surface area contributed by atoms with E-state index in [2.05, 4.69) is 51.4 Å². The zero-order valence-electron chi connectivity index (χ0n) is 19.4. The fourth-order valence-corrected chi connectivity index (χ4v) is 5.28. The predicted octanol–water partition coefficient (Wildman–Crippen LogP) is 4.31. The molecule has 1 aliphatic carbocycles. The Balaban J connectivity index is 1.44. The van der Waals surface area contributed by atoms with Gasteiger partial charge >= 0.3 is 5.69 Å². The first-order valence-corrected chi connectivity index (χ1v) is 12.1. The van der Waals surface area contributed by atoms with Crippen LogP contribution >= 0.6 is 23.2 Å². The Morgan fingerprint density at radius 1 is 1.20 bits per heavy atom. The lowest BCUT2D eigenvalue weighted by atomic mass is 9.83. The zero-order chi connectivity index (χ0) is 24.7. The highest BCUT2D eigenvalue weighted by atomic mass is 35.5. The van der Waals surface area contributed by atoms with Gasteiger partial charge in [-0.2, -0.15) is 4.98 Å². The topological polar surface area (TPSA) is 103 Å². The van der Waals surface area contributed by atoms with E-state index in [-0.39, 0.29) is 26.9 Å². The molecule has 180 valence electrons. The number of aryl methyl sites for hydroxylation is 1. The third kappa shape index (κ3) is 4.69. The molecular weight excluding hydrogens is 485 g/mol. The molecule has 2 aromatic carbocycles. The second kappa shape index (κ2) is 9.45. The number of anilines is 2. The molecule has 2 aromatic heterocycles. The molecule has 3 N–H and O–H groups in total. The molecule has 1 aliphatic rings. The van der Waals surface area contributed by atoms with Crippen molar-refractivity contribution in [1.82, 2.24) is 24.4 Å². The first-order chi connectivity index (χ1) is 16.8. The molecule has 0 radical (unpaired) electrons. The van der Waals surface area contributed by atoms with Crippen LogP contribution in [0.15, 0.2) is 47.4 Å². The highest BCUT2D eigenvalue weighted by Crippen LogP contribution is 2.29. The van der Waals surface area contributed by atoms with Crippen LogP contribution in [0, 0.1) is 11.3 Å². The van der Waals surface area contributed by atoms with Crippen LogP contribution in [0.1, 0.15) is 17.5 Å². The van der Waals surface area contributed by atoms with Crippen molar-refractivity contribution in [3.63, 3.8) is 0 Å². The van der Waals surface area contributed by atoms with Crippen molar-refractivity contribution >= 4 is 45.9 Å². The molecule has 10 heteroatoms. The third-order valence-corrected chi connectivity index (χ3v) is 6.88. The summed E-state index contributed by atoms with van der Waals surface area (Å²) in [7, 11) is 4.24. The van der Waals surface area contributed by atoms with Crippen molar-refractivity contribution in [2.45, 2.75) is 19.3 Å². The molecule has 0 spiro atoms. The number of H-pyrrole nitrogens is 1. The number of benzene rings is 2. The van der Waals surface area contributed by atoms with E-state index in [9.17, 15) is 4.79 Å². The number of aromatic amines is 1. The maximum atomic E-state index is 12.9. The zero-order valence-corrected chi connectivity index (χ0v) is 20.9. The lowest BCUT2D eigenvalue weighted by molar-refractivity contribution is 0.303. The number of hydrogen-bond donors (Lipinski definition) is 3. The van der Waals surface area contributed by atoms with Crippen LogP contribution in [-0.2, 0) is 12.8 Å². The van der Waals surface area contributed by atoms with Gasteiger partial charge in [-0.05, 0) is 74.7 Å². The van der Waals surface area contributed by atoms with Gasteiger partial charge in [-0.15, -0.1) is 0 Å². The van der Waals surface area contributed by atoms with Gasteiger partial charge in [-0.3, -0.25) is 10.4 Å². The Hall–Kier alpha value is -3.20. The Kier molecular flexibility index (Phi) is 6.35. The smallest absolute Gasteiger partial charge is 0.324 e. The van der Waals surface area contributed by atoms with E-state index in [0.717, 1.165) is 29.6 Å². The van der Waals surface area contributed by atoms with Gasteiger partial charge in [-0.1, -0.05) is 35.3 Å². The number of hydrogen-bond acceptors (Lipinski definition) is 6. The number of rotatable bonds is 5. The second-order valence-electron chi connectivity index (χ2n) is 9.12. The first kappa shape index (κ1) is 23.5. The number of fused-ring (bicyclic) bond motifs is 2. The lowest BCUT2D eigenvalue weighted by Crippen LogP contribution is -2.34. The summed E-state index contributed by atoms with van der Waals surface area (Å²) < 4.78 is 1.12. The average Bonchev–Trinajstić information content (AvgIpc) is 2.80. The summed E-state index contributed by atoms with van der Waals surface area (Å²) >= 11 is 12.5. The summed E-state index contributed by atoms with van der Waals surface area (Å²) in [5.74, 6) is 1.02. The standard InChI is InChI=1S/C25H25Cl2N7O/c1-33(2)13-14-6-7-16-11-17(9-8-15(16)10-14)30-24-29-12-18-22(28)34(25(35)32-23(18)31-24)21-19(26)4-3-5-20(21)27/h3-5,8-9,11-12,14,28H,6-7,10,13H2,1-2H3,(H2,29,30,31,32,35)/t14-/m1/s1. The normalized spacial score (nSPS) is 15.4. The van der Waals surface area contributed by atoms with Gasteiger partial charge in [0.2, 0.25) is 5.95 Å². The first-order valence-electron chi connectivity index (χ1n) is 11.3. The van der Waals surface area contributed by atoms with Crippen molar-refractivity contribution in [2.24, 2.45) is 5.92 Å². The van der Waals surface area contributed by atoms with Crippen molar-refractivity contribution in [3.8, 4) is 5.69 Å². The van der Waals surface area contributed by atoms with E-state index >= 15 is 0 Å². The monoisotopic (exact) mass is 509 g/mol. The van der Waals surface area contributed by atoms with Gasteiger partial charge < -0.3 is 10.2 Å². The van der Waals surface area contributed by atoms with E-state index < -0.39 is 5.69 Å². The van der Waals surface area contributed by atoms with Crippen LogP contribution in [0.4, 0.5) is 11.6 Å². The van der Waals surface area contributed by atoms with Crippen molar-refractivity contribution in [1.29, 1.82) is 5.41 Å². The second-order valence-corrected chi connectivity index (χ2v) is 9.93. The maximum Gasteiger partial charge on any atom is 0.333 e. The third-order valence-electron chi connectivity index (χ3n) is 6.27. The molecule has 8 nitrogen and oxygen atoms in total. The SMILES string of the molecule is CN(C)C[C@@H]1CCc2cc(Nc3ncc4c(=N)n(-c5c(Cl)cccc5Cl)c(=O)[nH]c4n3)ccc2C1. The highest BCUT2D eigenvalue weighted by molar-refractivity contribution is 6.37. The Morgan fingerprint density at radius 2 is 1.97 bits per heavy atom. The number of nitrogens with zero attached hydrogens (tertiary/aromatic N) is 4. The van der Waals surface area contributed by atoms with E-state index in [4.69, 9.17) is 28.6 Å². The molecule has 35 heavy (non-hydrogen) atoms. The molecular formula is C25H25Cl2N7O. The Bertz CT molecular complexity index is 1520. The number of para-hydroxylation sites is 1. The summed E-state index contributed by atoms with van der Waals surface area (Å²) in [5, 5.41) is 12.7. The molecule has 5 rings (SSSR count). The fraction of sp³-hybridized carbons (Fsp3) is 0.280. The van der Waals surface area contributed by atoms with Crippen molar-refractivity contribution in [3.05, 3.63) is 79.7 Å². The minimum absolute atomic E-state index is 0.105. The fourth-order valence-electron chi connectivity index (χ4n) is 4.72. The predicted molar refractivity (Wildman–Crippen MR) is 139 cm³/mol. The van der Waals surface area contributed by atoms with Gasteiger partial charge in [0, 0.05) is 18.4 Å². The molecule has 0 amide bonds. The molecule has 0 bridgehead atoms. The summed E-state index contributed by atoms with van der Waals surface area (Å²) in [4.78, 5) is 26.7. The minimum Gasteiger partial charge on any atom is -0.324 e. The largest absolute Gasteiger partial charge is 0.333 e. The van der Waals surface area contributed by atoms with Crippen molar-refractivity contribution in [2.75, 3.05) is 26.0 Å². The van der Waals surface area contributed by atoms with Crippen LogP contribution in [0.25, 0.3) is 16.7 Å². The van der Waals surface area contributed by atoms with Gasteiger partial charge in [0.1, 0.15) is 5.49 Å². The number of nitrogens with one attached hydrogen (secondary N) is 3. The Labute approximate surface area is 212 Å². The van der Waals surface area contributed by atoms with Crippen LogP contribution < -0.4 is 16.5 Å². The van der Waals surface area contributed by atoms with Crippen LogP contribution in [0.3, 0.4) is 0 Å².